The first-order valence-electron chi connectivity index (χ1n) is 3.35. The van der Waals surface area contributed by atoms with Gasteiger partial charge >= 0.3 is 5.97 Å². The Kier molecular flexibility index (Phi) is 5.91. The molecule has 0 saturated heterocycles. The Bertz CT molecular complexity index is 134. The number of carbonyl (C=O) groups is 1. The van der Waals surface area contributed by atoms with Crippen LogP contribution in [0.2, 0.25) is 0 Å². The predicted octanol–water partition coefficient (Wildman–Crippen LogP) is 2.00. The summed E-state index contributed by atoms with van der Waals surface area (Å²) in [5.74, 6) is -0.230. The van der Waals surface area contributed by atoms with Crippen molar-refractivity contribution in [1.29, 1.82) is 0 Å². The second-order valence-electron chi connectivity index (χ2n) is 2.37. The number of rotatable bonds is 4. The van der Waals surface area contributed by atoms with Gasteiger partial charge in [-0.1, -0.05) is 20.3 Å². The Morgan fingerprint density at radius 1 is 1.82 bits per heavy atom. The Balaban J connectivity index is 4.03. The molecule has 66 valence electrons. The van der Waals surface area contributed by atoms with E-state index in [-0.39, 0.29) is 5.92 Å². The molecule has 0 bridgehead atoms. The van der Waals surface area contributed by atoms with E-state index in [0.29, 0.717) is 0 Å². The van der Waals surface area contributed by atoms with Crippen molar-refractivity contribution >= 4 is 34.0 Å². The van der Waals surface area contributed by atoms with Gasteiger partial charge in [0.1, 0.15) is 6.04 Å². The second-order valence-corrected chi connectivity index (χ2v) is 2.91. The van der Waals surface area contributed by atoms with Gasteiger partial charge in [-0.3, -0.25) is 0 Å². The van der Waals surface area contributed by atoms with Gasteiger partial charge in [0, 0.05) is 0 Å². The summed E-state index contributed by atoms with van der Waals surface area (Å²) in [6, 6.07) is -0.443. The second kappa shape index (κ2) is 5.80. The van der Waals surface area contributed by atoms with Gasteiger partial charge in [-0.15, -0.1) is 0 Å². The van der Waals surface area contributed by atoms with E-state index in [1.54, 1.807) is 0 Å². The van der Waals surface area contributed by atoms with Gasteiger partial charge in [-0.05, 0) is 17.7 Å². The maximum Gasteiger partial charge on any atom is 0.336 e. The van der Waals surface area contributed by atoms with Crippen LogP contribution in [0.25, 0.3) is 0 Å². The summed E-state index contributed by atoms with van der Waals surface area (Å²) in [5.41, 5.74) is 0. The van der Waals surface area contributed by atoms with Gasteiger partial charge in [0.2, 0.25) is 0 Å². The molecule has 0 fully saturated rings. The maximum atomic E-state index is 10.9. The van der Waals surface area contributed by atoms with Gasteiger partial charge in [0.05, 0.1) is 0 Å². The highest BCUT2D eigenvalue weighted by Gasteiger charge is 2.23. The lowest BCUT2D eigenvalue weighted by atomic mass is 10.0. The molecule has 5 heteroatoms. The first kappa shape index (κ1) is 11.2. The molecule has 0 aromatic rings. The Hall–Kier alpha value is 0.200. The van der Waals surface area contributed by atoms with Crippen LogP contribution >= 0.6 is 28.0 Å². The van der Waals surface area contributed by atoms with Crippen LogP contribution < -0.4 is 4.84 Å². The Morgan fingerprint density at radius 2 is 2.36 bits per heavy atom. The van der Waals surface area contributed by atoms with Crippen LogP contribution in [0.1, 0.15) is 20.3 Å². The minimum absolute atomic E-state index is 0.164. The summed E-state index contributed by atoms with van der Waals surface area (Å²) in [6.07, 6.45) is 0.868. The Morgan fingerprint density at radius 3 is 2.64 bits per heavy atom. The van der Waals surface area contributed by atoms with E-state index in [9.17, 15) is 4.79 Å². The van der Waals surface area contributed by atoms with E-state index in [4.69, 9.17) is 11.8 Å². The fraction of sp³-hybridized carbons (Fsp3) is 0.833. The van der Waals surface area contributed by atoms with Crippen LogP contribution in [0, 0.1) is 5.92 Å². The lowest BCUT2D eigenvalue weighted by molar-refractivity contribution is -0.135. The topological polar surface area (TPSA) is 38.3 Å². The molecular formula is C6H11BrClNO2. The molecule has 2 atom stereocenters. The van der Waals surface area contributed by atoms with Crippen molar-refractivity contribution in [2.24, 2.45) is 5.92 Å². The smallest absolute Gasteiger partial charge is 0.336 e. The van der Waals surface area contributed by atoms with Crippen LogP contribution in [0.4, 0.5) is 0 Å². The zero-order valence-corrected chi connectivity index (χ0v) is 8.78. The van der Waals surface area contributed by atoms with Gasteiger partial charge < -0.3 is 3.83 Å². The van der Waals surface area contributed by atoms with E-state index in [2.05, 4.69) is 24.9 Å². The van der Waals surface area contributed by atoms with E-state index in [0.717, 1.165) is 6.42 Å². The third-order valence-corrected chi connectivity index (χ3v) is 2.21. The van der Waals surface area contributed by atoms with Crippen molar-refractivity contribution in [3.63, 3.8) is 0 Å². The average molecular weight is 245 g/mol. The van der Waals surface area contributed by atoms with Gasteiger partial charge in [0.25, 0.3) is 0 Å². The number of hydrogen-bond acceptors (Lipinski definition) is 3. The number of hydrogen-bond donors (Lipinski definition) is 1. The minimum Gasteiger partial charge on any atom is -0.382 e. The third kappa shape index (κ3) is 3.40. The first-order chi connectivity index (χ1) is 5.17. The molecule has 0 aliphatic rings. The summed E-state index contributed by atoms with van der Waals surface area (Å²) in [7, 11) is 0. The molecular weight excluding hydrogens is 233 g/mol. The zero-order valence-electron chi connectivity index (χ0n) is 6.43. The van der Waals surface area contributed by atoms with E-state index in [1.165, 1.54) is 0 Å². The molecule has 0 rings (SSSR count). The molecule has 1 N–H and O–H groups in total. The SMILES string of the molecule is CC[C@H](C)[C@H](NCl)C(=O)OBr. The van der Waals surface area contributed by atoms with Crippen molar-refractivity contribution in [3.05, 3.63) is 0 Å². The normalized spacial score (nSPS) is 15.6. The van der Waals surface area contributed by atoms with Crippen molar-refractivity contribution in [3.8, 4) is 0 Å². The van der Waals surface area contributed by atoms with Crippen LogP contribution in [-0.2, 0) is 8.62 Å². The molecule has 3 nitrogen and oxygen atoms in total. The molecule has 0 aromatic heterocycles. The average Bonchev–Trinajstić information content (AvgIpc) is 2.05. The monoisotopic (exact) mass is 243 g/mol. The quantitative estimate of drug-likeness (QED) is 0.769. The van der Waals surface area contributed by atoms with Gasteiger partial charge in [-0.2, -0.15) is 0 Å². The molecule has 0 aliphatic heterocycles. The summed E-state index contributed by atoms with van der Waals surface area (Å²) >= 11 is 7.95. The van der Waals surface area contributed by atoms with E-state index < -0.39 is 12.0 Å². The summed E-state index contributed by atoms with van der Waals surface area (Å²) in [6.45, 7) is 3.90. The van der Waals surface area contributed by atoms with E-state index >= 15 is 0 Å². The zero-order chi connectivity index (χ0) is 8.85. The highest BCUT2D eigenvalue weighted by molar-refractivity contribution is 9.06. The Labute approximate surface area is 80.0 Å². The predicted molar refractivity (Wildman–Crippen MR) is 47.3 cm³/mol. The fourth-order valence-electron chi connectivity index (χ4n) is 0.668. The van der Waals surface area contributed by atoms with Gasteiger partial charge in [-0.25, -0.2) is 9.63 Å². The molecule has 0 amide bonds. The number of halogens is 2. The van der Waals surface area contributed by atoms with E-state index in [1.807, 2.05) is 13.8 Å². The fourth-order valence-corrected chi connectivity index (χ4v) is 1.17. The summed E-state index contributed by atoms with van der Waals surface area (Å²) in [5, 5.41) is 0. The molecule has 11 heavy (non-hydrogen) atoms. The number of carbonyl (C=O) groups excluding carboxylic acids is 1. The third-order valence-electron chi connectivity index (χ3n) is 1.66. The summed E-state index contributed by atoms with van der Waals surface area (Å²) in [4.78, 5) is 13.3. The molecule has 0 unspecified atom stereocenters. The first-order valence-corrected chi connectivity index (χ1v) is 4.38. The minimum atomic E-state index is -0.443. The van der Waals surface area contributed by atoms with Crippen molar-refractivity contribution in [2.45, 2.75) is 26.3 Å². The van der Waals surface area contributed by atoms with Crippen LogP contribution in [0.15, 0.2) is 0 Å². The molecule has 0 radical (unpaired) electrons. The summed E-state index contributed by atoms with van der Waals surface area (Å²) < 4.78 is 4.35. The van der Waals surface area contributed by atoms with Crippen LogP contribution in [0.3, 0.4) is 0 Å². The van der Waals surface area contributed by atoms with Crippen LogP contribution in [-0.4, -0.2) is 12.0 Å². The van der Waals surface area contributed by atoms with Crippen molar-refractivity contribution in [2.75, 3.05) is 0 Å². The molecule has 0 saturated carbocycles. The van der Waals surface area contributed by atoms with Crippen LogP contribution in [0.5, 0.6) is 0 Å². The highest BCUT2D eigenvalue weighted by atomic mass is 79.9. The largest absolute Gasteiger partial charge is 0.382 e. The lowest BCUT2D eigenvalue weighted by Gasteiger charge is -2.16. The maximum absolute atomic E-state index is 10.9. The van der Waals surface area contributed by atoms with Gasteiger partial charge in [0.15, 0.2) is 16.3 Å². The molecule has 0 aliphatic carbocycles. The lowest BCUT2D eigenvalue weighted by Crippen LogP contribution is -2.36. The highest BCUT2D eigenvalue weighted by Crippen LogP contribution is 2.10. The number of nitrogens with one attached hydrogen (secondary N) is 1. The van der Waals surface area contributed by atoms with Crippen molar-refractivity contribution in [1.82, 2.24) is 4.84 Å². The van der Waals surface area contributed by atoms with Crippen molar-refractivity contribution < 1.29 is 8.62 Å². The molecule has 0 heterocycles. The molecule has 0 spiro atoms. The molecule has 0 aromatic carbocycles. The standard InChI is InChI=1S/C6H11BrClNO2/c1-3-4(2)5(9-8)6(10)11-7/h4-5,9H,3H2,1-2H3/t4-,5-/m0/s1.